The maximum Gasteiger partial charge on any atom is 0.246 e. The van der Waals surface area contributed by atoms with Gasteiger partial charge in [-0.1, -0.05) is 5.16 Å². The zero-order chi connectivity index (χ0) is 16.0. The van der Waals surface area contributed by atoms with Gasteiger partial charge in [0.05, 0.1) is 6.26 Å². The third-order valence-electron chi connectivity index (χ3n) is 3.97. The molecule has 1 unspecified atom stereocenters. The summed E-state index contributed by atoms with van der Waals surface area (Å²) in [7, 11) is -3.82. The van der Waals surface area contributed by atoms with E-state index in [0.29, 0.717) is 5.76 Å². The first-order chi connectivity index (χ1) is 10.3. The molecular weight excluding hydrogens is 308 g/mol. The Morgan fingerprint density at radius 3 is 2.68 bits per heavy atom. The summed E-state index contributed by atoms with van der Waals surface area (Å²) >= 11 is 0. The van der Waals surface area contributed by atoms with Gasteiger partial charge in [-0.05, 0) is 44.7 Å². The minimum Gasteiger partial charge on any atom is -0.466 e. The molecule has 0 saturated heterocycles. The zero-order valence-electron chi connectivity index (χ0n) is 12.4. The van der Waals surface area contributed by atoms with Gasteiger partial charge in [0.25, 0.3) is 0 Å². The number of hydrogen-bond donors (Lipinski definition) is 2. The molecule has 0 radical (unpaired) electrons. The number of nitrogens with zero attached hydrogens (tertiary/aromatic N) is 1. The minimum absolute atomic E-state index is 0.00832. The van der Waals surface area contributed by atoms with Crippen LogP contribution in [0.15, 0.2) is 32.2 Å². The Morgan fingerprint density at radius 1 is 1.45 bits per heavy atom. The number of furan rings is 1. The van der Waals surface area contributed by atoms with Crippen LogP contribution in [0.25, 0.3) is 0 Å². The highest BCUT2D eigenvalue weighted by atomic mass is 32.2. The molecule has 0 spiro atoms. The predicted octanol–water partition coefficient (Wildman–Crippen LogP) is 1.46. The predicted molar refractivity (Wildman–Crippen MR) is 76.5 cm³/mol. The molecule has 1 aliphatic rings. The van der Waals surface area contributed by atoms with E-state index in [4.69, 9.17) is 8.94 Å². The van der Waals surface area contributed by atoms with Crippen LogP contribution in [0, 0.1) is 19.8 Å². The lowest BCUT2D eigenvalue weighted by Crippen LogP contribution is -2.42. The van der Waals surface area contributed by atoms with Gasteiger partial charge in [-0.3, -0.25) is 0 Å². The molecule has 7 nitrogen and oxygen atoms in total. The molecule has 22 heavy (non-hydrogen) atoms. The lowest BCUT2D eigenvalue weighted by molar-refractivity contribution is -0.00225. The third kappa shape index (κ3) is 2.57. The molecule has 2 heterocycles. The molecule has 1 atom stereocenters. The highest BCUT2D eigenvalue weighted by Gasteiger charge is 2.48. The Balaban J connectivity index is 1.84. The normalized spacial score (nSPS) is 18.3. The van der Waals surface area contributed by atoms with E-state index in [1.165, 1.54) is 13.2 Å². The molecule has 120 valence electrons. The van der Waals surface area contributed by atoms with Gasteiger partial charge in [-0.2, -0.15) is 0 Å². The second-order valence-electron chi connectivity index (χ2n) is 5.65. The van der Waals surface area contributed by atoms with Crippen LogP contribution in [-0.2, 0) is 15.6 Å². The lowest BCUT2D eigenvalue weighted by Gasteiger charge is -2.26. The Hall–Kier alpha value is -1.64. The smallest absolute Gasteiger partial charge is 0.246 e. The van der Waals surface area contributed by atoms with Crippen molar-refractivity contribution in [2.45, 2.75) is 37.2 Å². The van der Waals surface area contributed by atoms with Crippen molar-refractivity contribution >= 4 is 10.0 Å². The topological polar surface area (TPSA) is 106 Å². The van der Waals surface area contributed by atoms with Crippen LogP contribution >= 0.6 is 0 Å². The van der Waals surface area contributed by atoms with E-state index in [1.807, 2.05) is 0 Å². The molecule has 3 rings (SSSR count). The van der Waals surface area contributed by atoms with Crippen molar-refractivity contribution in [3.8, 4) is 0 Å². The Morgan fingerprint density at radius 2 is 2.18 bits per heavy atom. The van der Waals surface area contributed by atoms with Crippen LogP contribution in [0.2, 0.25) is 0 Å². The van der Waals surface area contributed by atoms with Crippen LogP contribution in [0.3, 0.4) is 0 Å². The SMILES string of the molecule is Cc1noc(C)c1S(=O)(=O)NCC(O)(c1ccco1)C1CC1. The molecule has 1 fully saturated rings. The van der Waals surface area contributed by atoms with Crippen LogP contribution in [0.5, 0.6) is 0 Å². The zero-order valence-corrected chi connectivity index (χ0v) is 13.2. The lowest BCUT2D eigenvalue weighted by atomic mass is 9.95. The van der Waals surface area contributed by atoms with Gasteiger partial charge < -0.3 is 14.0 Å². The minimum atomic E-state index is -3.82. The number of nitrogens with one attached hydrogen (secondary N) is 1. The average Bonchev–Trinajstić information content (AvgIpc) is 3.06. The van der Waals surface area contributed by atoms with Crippen molar-refractivity contribution in [1.29, 1.82) is 0 Å². The molecule has 2 aromatic heterocycles. The molecule has 2 aromatic rings. The second-order valence-corrected chi connectivity index (χ2v) is 7.36. The van der Waals surface area contributed by atoms with Gasteiger partial charge >= 0.3 is 0 Å². The summed E-state index contributed by atoms with van der Waals surface area (Å²) < 4.78 is 37.5. The third-order valence-corrected chi connectivity index (χ3v) is 5.61. The van der Waals surface area contributed by atoms with Crippen molar-refractivity contribution in [1.82, 2.24) is 9.88 Å². The van der Waals surface area contributed by atoms with E-state index in [1.54, 1.807) is 19.1 Å². The van der Waals surface area contributed by atoms with Gasteiger partial charge in [0.15, 0.2) is 5.76 Å². The molecule has 0 amide bonds. The number of aryl methyl sites for hydroxylation is 2. The summed E-state index contributed by atoms with van der Waals surface area (Å²) in [6, 6.07) is 3.33. The van der Waals surface area contributed by atoms with Gasteiger partial charge in [0.2, 0.25) is 10.0 Å². The van der Waals surface area contributed by atoms with Crippen molar-refractivity contribution in [3.63, 3.8) is 0 Å². The van der Waals surface area contributed by atoms with Crippen molar-refractivity contribution in [2.24, 2.45) is 5.92 Å². The summed E-state index contributed by atoms with van der Waals surface area (Å²) in [5, 5.41) is 14.5. The summed E-state index contributed by atoms with van der Waals surface area (Å²) in [6.07, 6.45) is 3.14. The first kappa shape index (κ1) is 15.3. The number of aliphatic hydroxyl groups is 1. The van der Waals surface area contributed by atoms with E-state index in [2.05, 4.69) is 9.88 Å². The molecule has 1 aliphatic carbocycles. The summed E-state index contributed by atoms with van der Waals surface area (Å²) in [4.78, 5) is 0.0186. The maximum atomic E-state index is 12.4. The molecule has 0 aromatic carbocycles. The summed E-state index contributed by atoms with van der Waals surface area (Å²) in [5.41, 5.74) is -1.05. The second kappa shape index (κ2) is 5.22. The fourth-order valence-corrected chi connectivity index (χ4v) is 4.05. The highest BCUT2D eigenvalue weighted by molar-refractivity contribution is 7.89. The first-order valence-electron chi connectivity index (χ1n) is 7.03. The first-order valence-corrected chi connectivity index (χ1v) is 8.52. The Labute approximate surface area is 128 Å². The highest BCUT2D eigenvalue weighted by Crippen LogP contribution is 2.45. The molecule has 2 N–H and O–H groups in total. The van der Waals surface area contributed by atoms with Crippen LogP contribution < -0.4 is 4.72 Å². The summed E-state index contributed by atoms with van der Waals surface area (Å²) in [5.74, 6) is 0.584. The number of hydrogen-bond acceptors (Lipinski definition) is 6. The summed E-state index contributed by atoms with van der Waals surface area (Å²) in [6.45, 7) is 2.94. The largest absolute Gasteiger partial charge is 0.466 e. The van der Waals surface area contributed by atoms with Gasteiger partial charge in [-0.25, -0.2) is 13.1 Å². The molecule has 8 heteroatoms. The van der Waals surface area contributed by atoms with Crippen molar-refractivity contribution in [2.75, 3.05) is 6.54 Å². The van der Waals surface area contributed by atoms with Gasteiger partial charge in [0, 0.05) is 6.54 Å². The van der Waals surface area contributed by atoms with E-state index in [-0.39, 0.29) is 28.8 Å². The quantitative estimate of drug-likeness (QED) is 0.832. The van der Waals surface area contributed by atoms with E-state index in [9.17, 15) is 13.5 Å². The molecule has 1 saturated carbocycles. The van der Waals surface area contributed by atoms with Crippen LogP contribution in [0.4, 0.5) is 0 Å². The van der Waals surface area contributed by atoms with Crippen molar-refractivity contribution in [3.05, 3.63) is 35.6 Å². The fourth-order valence-electron chi connectivity index (χ4n) is 2.65. The fraction of sp³-hybridized carbons (Fsp3) is 0.500. The van der Waals surface area contributed by atoms with Crippen LogP contribution in [0.1, 0.15) is 30.1 Å². The maximum absolute atomic E-state index is 12.4. The van der Waals surface area contributed by atoms with Crippen LogP contribution in [-0.4, -0.2) is 25.2 Å². The van der Waals surface area contributed by atoms with E-state index in [0.717, 1.165) is 12.8 Å². The Bertz CT molecular complexity index is 742. The van der Waals surface area contributed by atoms with Gasteiger partial charge in [-0.15, -0.1) is 0 Å². The monoisotopic (exact) mass is 326 g/mol. The van der Waals surface area contributed by atoms with E-state index < -0.39 is 15.6 Å². The molecular formula is C14H18N2O5S. The van der Waals surface area contributed by atoms with Gasteiger partial charge in [0.1, 0.15) is 22.0 Å². The average molecular weight is 326 g/mol. The standard InChI is InChI=1S/C14H18N2O5S/c1-9-13(10(2)21-16-9)22(18,19)15-8-14(17,11-5-6-11)12-4-3-7-20-12/h3-4,7,11,15,17H,5-6,8H2,1-2H3. The molecule has 0 bridgehead atoms. The molecule has 0 aliphatic heterocycles. The number of aromatic nitrogens is 1. The van der Waals surface area contributed by atoms with Crippen molar-refractivity contribution < 1.29 is 22.5 Å². The van der Waals surface area contributed by atoms with E-state index >= 15 is 0 Å². The number of sulfonamides is 1. The Kier molecular flexibility index (Phi) is 3.62. The number of rotatable bonds is 6.